The molecule has 1 aromatic carbocycles. The van der Waals surface area contributed by atoms with Crippen LogP contribution in [0, 0.1) is 17.6 Å². The van der Waals surface area contributed by atoms with Crippen molar-refractivity contribution in [2.45, 2.75) is 38.0 Å². The first-order valence-corrected chi connectivity index (χ1v) is 10.2. The molecule has 34 heavy (non-hydrogen) atoms. The number of amides is 3. The molecule has 184 valence electrons. The Balaban J connectivity index is 1.65. The van der Waals surface area contributed by atoms with Gasteiger partial charge in [-0.15, -0.1) is 5.10 Å². The average Bonchev–Trinajstić information content (AvgIpc) is 3.40. The number of benzene rings is 1. The molecule has 0 bridgehead atoms. The molecule has 9 nitrogen and oxygen atoms in total. The molecular formula is C19H18ClF5N6O3. The van der Waals surface area contributed by atoms with Crippen LogP contribution in [0.2, 0.25) is 5.02 Å². The van der Waals surface area contributed by atoms with E-state index in [9.17, 15) is 36.3 Å². The second kappa shape index (κ2) is 9.91. The number of carbonyl (C=O) groups excluding carboxylic acids is 3. The third-order valence-electron chi connectivity index (χ3n) is 5.33. The molecule has 2 heterocycles. The summed E-state index contributed by atoms with van der Waals surface area (Å²) in [6.07, 6.45) is -4.95. The van der Waals surface area contributed by atoms with E-state index in [1.54, 1.807) is 0 Å². The molecule has 0 radical (unpaired) electrons. The lowest BCUT2D eigenvalue weighted by Crippen LogP contribution is -2.47. The molecule has 1 aromatic heterocycles. The van der Waals surface area contributed by atoms with E-state index in [1.807, 2.05) is 5.32 Å². The number of nitrogens with one attached hydrogen (secondary N) is 3. The van der Waals surface area contributed by atoms with Gasteiger partial charge in [0.05, 0.1) is 23.4 Å². The van der Waals surface area contributed by atoms with Crippen LogP contribution in [0.25, 0.3) is 0 Å². The number of alkyl halides is 3. The van der Waals surface area contributed by atoms with Crippen molar-refractivity contribution in [1.82, 2.24) is 25.6 Å². The van der Waals surface area contributed by atoms with Crippen LogP contribution in [0.3, 0.4) is 0 Å². The Morgan fingerprint density at radius 1 is 1.29 bits per heavy atom. The van der Waals surface area contributed by atoms with E-state index >= 15 is 0 Å². The number of hydrogen-bond donors (Lipinski definition) is 3. The van der Waals surface area contributed by atoms with E-state index in [0.717, 1.165) is 23.2 Å². The summed E-state index contributed by atoms with van der Waals surface area (Å²) < 4.78 is 65.5. The summed E-state index contributed by atoms with van der Waals surface area (Å²) in [6, 6.07) is -0.712. The maximum atomic E-state index is 13.5. The number of rotatable bonds is 5. The number of carbonyl (C=O) groups is 3. The van der Waals surface area contributed by atoms with Gasteiger partial charge in [-0.05, 0) is 19.4 Å². The Hall–Kier alpha value is -3.29. The molecule has 0 spiro atoms. The Kier molecular flexibility index (Phi) is 7.38. The summed E-state index contributed by atoms with van der Waals surface area (Å²) in [4.78, 5) is 38.7. The highest BCUT2D eigenvalue weighted by Gasteiger charge is 2.41. The van der Waals surface area contributed by atoms with Crippen LogP contribution in [-0.4, -0.2) is 56.8 Å². The maximum absolute atomic E-state index is 13.5. The van der Waals surface area contributed by atoms with Crippen molar-refractivity contribution < 1.29 is 36.3 Å². The fourth-order valence-electron chi connectivity index (χ4n) is 3.63. The minimum Gasteiger partial charge on any atom is -0.339 e. The molecule has 1 aliphatic heterocycles. The summed E-state index contributed by atoms with van der Waals surface area (Å²) in [6.45, 7) is 1.45. The molecule has 2 aromatic rings. The quantitative estimate of drug-likeness (QED) is 0.326. The average molecular weight is 509 g/mol. The molecule has 1 saturated heterocycles. The van der Waals surface area contributed by atoms with Crippen molar-refractivity contribution in [3.8, 4) is 0 Å². The minimum absolute atomic E-state index is 0.0298. The van der Waals surface area contributed by atoms with Gasteiger partial charge in [-0.1, -0.05) is 16.8 Å². The predicted molar refractivity (Wildman–Crippen MR) is 107 cm³/mol. The zero-order valence-electron chi connectivity index (χ0n) is 17.4. The van der Waals surface area contributed by atoms with Crippen LogP contribution >= 0.6 is 11.6 Å². The van der Waals surface area contributed by atoms with Gasteiger partial charge in [-0.25, -0.2) is 8.78 Å². The highest BCUT2D eigenvalue weighted by atomic mass is 35.5. The number of hydrogen-bond acceptors (Lipinski definition) is 5. The van der Waals surface area contributed by atoms with Crippen molar-refractivity contribution in [3.05, 3.63) is 40.7 Å². The third-order valence-corrected chi connectivity index (χ3v) is 5.61. The predicted octanol–water partition coefficient (Wildman–Crippen LogP) is 2.72. The SMILES string of the molecule is C[C@H]1[C@@H](C(=O)Nc2cc(F)c(F)c(Cl)c2)CCN1C(=O)C(=O)N[C@@H](CC(F)(F)F)c1c[nH]nn1. The van der Waals surface area contributed by atoms with Gasteiger partial charge in [-0.2, -0.15) is 13.2 Å². The summed E-state index contributed by atoms with van der Waals surface area (Å²) >= 11 is 5.56. The first-order chi connectivity index (χ1) is 15.9. The van der Waals surface area contributed by atoms with Crippen LogP contribution in [0.15, 0.2) is 18.3 Å². The molecule has 3 amide bonds. The van der Waals surface area contributed by atoms with Crippen LogP contribution in [0.5, 0.6) is 0 Å². The topological polar surface area (TPSA) is 120 Å². The van der Waals surface area contributed by atoms with Gasteiger partial charge in [0.2, 0.25) is 5.91 Å². The van der Waals surface area contributed by atoms with Gasteiger partial charge in [0.1, 0.15) is 5.69 Å². The minimum atomic E-state index is -4.66. The lowest BCUT2D eigenvalue weighted by molar-refractivity contribution is -0.151. The van der Waals surface area contributed by atoms with Crippen LogP contribution < -0.4 is 10.6 Å². The van der Waals surface area contributed by atoms with Crippen molar-refractivity contribution in [3.63, 3.8) is 0 Å². The first kappa shape index (κ1) is 25.3. The number of aromatic nitrogens is 3. The van der Waals surface area contributed by atoms with Crippen LogP contribution in [0.4, 0.5) is 27.6 Å². The van der Waals surface area contributed by atoms with E-state index in [0.29, 0.717) is 0 Å². The Labute approximate surface area is 194 Å². The number of halogens is 6. The van der Waals surface area contributed by atoms with Gasteiger partial charge in [0.25, 0.3) is 0 Å². The van der Waals surface area contributed by atoms with E-state index in [2.05, 4.69) is 20.7 Å². The van der Waals surface area contributed by atoms with E-state index in [1.165, 1.54) is 6.92 Å². The summed E-state index contributed by atoms with van der Waals surface area (Å²) in [5, 5.41) is 12.9. The van der Waals surface area contributed by atoms with Gasteiger partial charge in [0, 0.05) is 30.5 Å². The van der Waals surface area contributed by atoms with E-state index < -0.39 is 65.0 Å². The molecule has 0 aliphatic carbocycles. The molecule has 0 saturated carbocycles. The fraction of sp³-hybridized carbons (Fsp3) is 0.421. The Morgan fingerprint density at radius 2 is 2.00 bits per heavy atom. The van der Waals surface area contributed by atoms with Gasteiger partial charge >= 0.3 is 18.0 Å². The Bertz CT molecular complexity index is 1060. The second-order valence-electron chi connectivity index (χ2n) is 7.62. The highest BCUT2D eigenvalue weighted by Crippen LogP contribution is 2.30. The number of nitrogens with zero attached hydrogens (tertiary/aromatic N) is 3. The van der Waals surface area contributed by atoms with Gasteiger partial charge in [0.15, 0.2) is 11.6 Å². The fourth-order valence-corrected chi connectivity index (χ4v) is 3.84. The van der Waals surface area contributed by atoms with Gasteiger partial charge < -0.3 is 15.5 Å². The number of likely N-dealkylation sites (tertiary alicyclic amines) is 1. The number of aromatic amines is 1. The smallest absolute Gasteiger partial charge is 0.339 e. The lowest BCUT2D eigenvalue weighted by atomic mass is 10.0. The molecule has 15 heteroatoms. The summed E-state index contributed by atoms with van der Waals surface area (Å²) in [5.41, 5.74) is -0.318. The zero-order chi connectivity index (χ0) is 25.2. The Morgan fingerprint density at radius 3 is 2.59 bits per heavy atom. The highest BCUT2D eigenvalue weighted by molar-refractivity contribution is 6.35. The van der Waals surface area contributed by atoms with Crippen molar-refractivity contribution >= 4 is 35.0 Å². The largest absolute Gasteiger partial charge is 0.391 e. The van der Waals surface area contributed by atoms with Crippen LogP contribution in [0.1, 0.15) is 31.5 Å². The normalized spacial score (nSPS) is 19.1. The third kappa shape index (κ3) is 5.79. The molecule has 3 N–H and O–H groups in total. The molecule has 1 fully saturated rings. The summed E-state index contributed by atoms with van der Waals surface area (Å²) in [5.74, 6) is -6.44. The number of anilines is 1. The van der Waals surface area contributed by atoms with Crippen molar-refractivity contribution in [1.29, 1.82) is 0 Å². The zero-order valence-corrected chi connectivity index (χ0v) is 18.2. The lowest BCUT2D eigenvalue weighted by Gasteiger charge is -2.25. The molecule has 3 atom stereocenters. The van der Waals surface area contributed by atoms with E-state index in [4.69, 9.17) is 11.6 Å². The number of H-pyrrole nitrogens is 1. The monoisotopic (exact) mass is 508 g/mol. The van der Waals surface area contributed by atoms with E-state index in [-0.39, 0.29) is 24.3 Å². The first-order valence-electron chi connectivity index (χ1n) is 9.87. The van der Waals surface area contributed by atoms with Crippen LogP contribution in [-0.2, 0) is 14.4 Å². The standard InChI is InChI=1S/C19H18ClF5N6O3/c1-8-10(16(32)27-9-4-11(20)15(22)12(21)5-9)2-3-31(8)18(34)17(33)28-13(6-19(23,24)25)14-7-26-30-29-14/h4-5,7-8,10,13H,2-3,6H2,1H3,(H,27,32)(H,28,33)(H,26,29,30)/t8-,10-,13-/m0/s1. The second-order valence-corrected chi connectivity index (χ2v) is 8.03. The molecule has 1 aliphatic rings. The maximum Gasteiger partial charge on any atom is 0.391 e. The molecule has 3 rings (SSSR count). The summed E-state index contributed by atoms with van der Waals surface area (Å²) in [7, 11) is 0. The molecule has 0 unspecified atom stereocenters. The van der Waals surface area contributed by atoms with Crippen molar-refractivity contribution in [2.24, 2.45) is 5.92 Å². The van der Waals surface area contributed by atoms with Crippen molar-refractivity contribution in [2.75, 3.05) is 11.9 Å². The molecular weight excluding hydrogens is 491 g/mol. The van der Waals surface area contributed by atoms with Gasteiger partial charge in [-0.3, -0.25) is 19.5 Å².